The van der Waals surface area contributed by atoms with Gasteiger partial charge in [-0.05, 0) is 0 Å². The molecule has 0 N–H and O–H groups in total. The summed E-state index contributed by atoms with van der Waals surface area (Å²) in [6, 6.07) is 0. The van der Waals surface area contributed by atoms with Gasteiger partial charge in [-0.15, -0.1) is 0 Å². The quantitative estimate of drug-likeness (QED) is 0.327. The topological polar surface area (TPSA) is 44.8 Å². The van der Waals surface area contributed by atoms with Gasteiger partial charge in [0.15, 0.2) is 5.79 Å². The molecule has 0 rings (SSSR count). The van der Waals surface area contributed by atoms with Crippen molar-refractivity contribution in [2.24, 2.45) is 0 Å². The smallest absolute Gasteiger partial charge is 0.311 e. The zero-order valence-electron chi connectivity index (χ0n) is 7.43. The largest absolute Gasteiger partial charge is 0.469 e. The number of carbonyl (C=O) groups is 1. The van der Waals surface area contributed by atoms with E-state index in [4.69, 9.17) is 9.47 Å². The van der Waals surface area contributed by atoms with Gasteiger partial charge in [-0.25, -0.2) is 0 Å². The van der Waals surface area contributed by atoms with E-state index in [9.17, 15) is 4.79 Å². The summed E-state index contributed by atoms with van der Waals surface area (Å²) in [6.07, 6.45) is 0.111. The molecule has 72 valence electrons. The van der Waals surface area contributed by atoms with Gasteiger partial charge >= 0.3 is 5.97 Å². The van der Waals surface area contributed by atoms with Crippen molar-refractivity contribution in [3.05, 3.63) is 0 Å². The molecule has 5 heteroatoms. The van der Waals surface area contributed by atoms with Crippen molar-refractivity contribution < 1.29 is 19.0 Å². The monoisotopic (exact) mass is 288 g/mol. The molecule has 0 unspecified atom stereocenters. The lowest BCUT2D eigenvalue weighted by atomic mass is 10.2. The van der Waals surface area contributed by atoms with E-state index in [1.54, 1.807) is 0 Å². The number of ether oxygens (including phenoxy) is 3. The first-order chi connectivity index (χ1) is 5.64. The van der Waals surface area contributed by atoms with Crippen LogP contribution in [0.5, 0.6) is 0 Å². The van der Waals surface area contributed by atoms with Crippen molar-refractivity contribution in [3.63, 3.8) is 0 Å². The molecule has 0 aliphatic heterocycles. The number of alkyl halides is 1. The van der Waals surface area contributed by atoms with E-state index in [1.807, 2.05) is 0 Å². The standard InChI is InChI=1S/C7H13IO4/c1-10-6(9)4-7(5-8,11-2)12-3/h4-5H2,1-3H3. The maximum absolute atomic E-state index is 10.9. The minimum atomic E-state index is -0.840. The van der Waals surface area contributed by atoms with Crippen molar-refractivity contribution in [1.82, 2.24) is 0 Å². The van der Waals surface area contributed by atoms with E-state index < -0.39 is 5.79 Å². The minimum absolute atomic E-state index is 0.111. The predicted molar refractivity (Wildman–Crippen MR) is 52.3 cm³/mol. The van der Waals surface area contributed by atoms with Gasteiger partial charge in [0, 0.05) is 14.2 Å². The highest BCUT2D eigenvalue weighted by atomic mass is 127. The van der Waals surface area contributed by atoms with Crippen LogP contribution in [-0.4, -0.2) is 37.5 Å². The molecule has 0 heterocycles. The molecule has 0 radical (unpaired) electrons. The number of rotatable bonds is 5. The summed E-state index contributed by atoms with van der Waals surface area (Å²) in [5, 5.41) is 0. The first-order valence-electron chi connectivity index (χ1n) is 3.37. The molecule has 0 atom stereocenters. The fourth-order valence-electron chi connectivity index (χ4n) is 0.676. The Bertz CT molecular complexity index is 136. The zero-order chi connectivity index (χ0) is 9.61. The Labute approximate surface area is 85.7 Å². The molecule has 0 amide bonds. The lowest BCUT2D eigenvalue weighted by molar-refractivity contribution is -0.200. The molecule has 0 aromatic carbocycles. The molecule has 4 nitrogen and oxygen atoms in total. The second-order valence-electron chi connectivity index (χ2n) is 2.21. The number of hydrogen-bond acceptors (Lipinski definition) is 4. The van der Waals surface area contributed by atoms with Gasteiger partial charge in [-0.1, -0.05) is 22.6 Å². The van der Waals surface area contributed by atoms with E-state index in [2.05, 4.69) is 27.3 Å². The van der Waals surface area contributed by atoms with E-state index in [-0.39, 0.29) is 12.4 Å². The van der Waals surface area contributed by atoms with E-state index in [0.29, 0.717) is 4.43 Å². The summed E-state index contributed by atoms with van der Waals surface area (Å²) < 4.78 is 15.2. The minimum Gasteiger partial charge on any atom is -0.469 e. The number of hydrogen-bond donors (Lipinski definition) is 0. The summed E-state index contributed by atoms with van der Waals surface area (Å²) in [7, 11) is 4.35. The van der Waals surface area contributed by atoms with Crippen LogP contribution in [0.15, 0.2) is 0 Å². The summed E-state index contributed by atoms with van der Waals surface area (Å²) in [4.78, 5) is 10.9. The lowest BCUT2D eigenvalue weighted by Gasteiger charge is -2.27. The average Bonchev–Trinajstić information content (AvgIpc) is 2.14. The first kappa shape index (κ1) is 12.1. The van der Waals surface area contributed by atoms with Gasteiger partial charge in [-0.2, -0.15) is 0 Å². The van der Waals surface area contributed by atoms with Gasteiger partial charge in [0.25, 0.3) is 0 Å². The molecule has 0 aromatic rings. The third kappa shape index (κ3) is 3.24. The highest BCUT2D eigenvalue weighted by molar-refractivity contribution is 14.1. The number of halogens is 1. The van der Waals surface area contributed by atoms with Crippen LogP contribution in [0.25, 0.3) is 0 Å². The van der Waals surface area contributed by atoms with Crippen LogP contribution in [-0.2, 0) is 19.0 Å². The van der Waals surface area contributed by atoms with Crippen molar-refractivity contribution in [1.29, 1.82) is 0 Å². The van der Waals surface area contributed by atoms with E-state index >= 15 is 0 Å². The molecule has 0 saturated heterocycles. The van der Waals surface area contributed by atoms with Crippen molar-refractivity contribution >= 4 is 28.6 Å². The van der Waals surface area contributed by atoms with Crippen LogP contribution in [0.3, 0.4) is 0 Å². The summed E-state index contributed by atoms with van der Waals surface area (Å²) in [5.74, 6) is -1.18. The Morgan fingerprint density at radius 1 is 1.33 bits per heavy atom. The molecule has 0 aliphatic rings. The third-order valence-corrected chi connectivity index (χ3v) is 2.75. The molecule has 0 aromatic heterocycles. The van der Waals surface area contributed by atoms with Crippen LogP contribution >= 0.6 is 22.6 Å². The number of carbonyl (C=O) groups excluding carboxylic acids is 1. The number of methoxy groups -OCH3 is 3. The van der Waals surface area contributed by atoms with Crippen molar-refractivity contribution in [2.75, 3.05) is 25.8 Å². The molecule has 0 saturated carbocycles. The Morgan fingerprint density at radius 3 is 2.08 bits per heavy atom. The Hall–Kier alpha value is 0.120. The van der Waals surface area contributed by atoms with Gasteiger partial charge in [0.05, 0.1) is 11.5 Å². The van der Waals surface area contributed by atoms with Crippen LogP contribution in [0.1, 0.15) is 6.42 Å². The Morgan fingerprint density at radius 2 is 1.83 bits per heavy atom. The van der Waals surface area contributed by atoms with Gasteiger partial charge in [0.1, 0.15) is 6.42 Å². The van der Waals surface area contributed by atoms with Crippen molar-refractivity contribution in [3.8, 4) is 0 Å². The first-order valence-corrected chi connectivity index (χ1v) is 4.89. The predicted octanol–water partition coefficient (Wildman–Crippen LogP) is 0.974. The van der Waals surface area contributed by atoms with Crippen LogP contribution in [0.2, 0.25) is 0 Å². The van der Waals surface area contributed by atoms with Crippen molar-refractivity contribution in [2.45, 2.75) is 12.2 Å². The SMILES string of the molecule is COC(=O)CC(CI)(OC)OC. The third-order valence-electron chi connectivity index (χ3n) is 1.59. The second kappa shape index (κ2) is 5.71. The highest BCUT2D eigenvalue weighted by Crippen LogP contribution is 2.19. The second-order valence-corrected chi connectivity index (χ2v) is 2.97. The summed E-state index contributed by atoms with van der Waals surface area (Å²) in [5.41, 5.74) is 0. The molecular weight excluding hydrogens is 275 g/mol. The summed E-state index contributed by atoms with van der Waals surface area (Å²) in [6.45, 7) is 0. The fraction of sp³-hybridized carbons (Fsp3) is 0.857. The Kier molecular flexibility index (Phi) is 5.77. The van der Waals surface area contributed by atoms with Gasteiger partial charge < -0.3 is 14.2 Å². The Balaban J connectivity index is 4.19. The maximum atomic E-state index is 10.9. The normalized spacial score (nSPS) is 11.3. The highest BCUT2D eigenvalue weighted by Gasteiger charge is 2.31. The van der Waals surface area contributed by atoms with Crippen LogP contribution < -0.4 is 0 Å². The van der Waals surface area contributed by atoms with Gasteiger partial charge in [0.2, 0.25) is 0 Å². The average molecular weight is 288 g/mol. The van der Waals surface area contributed by atoms with E-state index in [0.717, 1.165) is 0 Å². The number of esters is 1. The summed E-state index contributed by atoms with van der Waals surface area (Å²) >= 11 is 2.09. The van der Waals surface area contributed by atoms with Gasteiger partial charge in [-0.3, -0.25) is 4.79 Å². The maximum Gasteiger partial charge on any atom is 0.311 e. The lowest BCUT2D eigenvalue weighted by Crippen LogP contribution is -2.38. The fourth-order valence-corrected chi connectivity index (χ4v) is 1.57. The molecule has 0 spiro atoms. The molecule has 0 fully saturated rings. The molecule has 0 bridgehead atoms. The van der Waals surface area contributed by atoms with Crippen LogP contribution in [0.4, 0.5) is 0 Å². The van der Waals surface area contributed by atoms with Crippen LogP contribution in [0, 0.1) is 0 Å². The molecule has 0 aliphatic carbocycles. The van der Waals surface area contributed by atoms with E-state index in [1.165, 1.54) is 21.3 Å². The molecular formula is C7H13IO4. The zero-order valence-corrected chi connectivity index (χ0v) is 9.58. The molecule has 12 heavy (non-hydrogen) atoms.